The fourth-order valence-corrected chi connectivity index (χ4v) is 4.96. The average molecular weight is 418 g/mol. The summed E-state index contributed by atoms with van der Waals surface area (Å²) in [4.78, 5) is 10.6. The molecule has 3 rings (SSSR count). The molecule has 1 saturated carbocycles. The second kappa shape index (κ2) is 9.01. The van der Waals surface area contributed by atoms with Gasteiger partial charge in [-0.2, -0.15) is 0 Å². The van der Waals surface area contributed by atoms with E-state index in [0.717, 1.165) is 25.9 Å². The first-order chi connectivity index (χ1) is 12.5. The minimum Gasteiger partial charge on any atom is -0.481 e. The second-order valence-corrected chi connectivity index (χ2v) is 8.48. The molecule has 0 aliphatic heterocycles. The Kier molecular flexibility index (Phi) is 6.71. The van der Waals surface area contributed by atoms with E-state index in [1.54, 1.807) is 0 Å². The zero-order chi connectivity index (χ0) is 18.5. The number of hydrogen-bond acceptors (Lipinski definition) is 2. The van der Waals surface area contributed by atoms with Gasteiger partial charge in [0, 0.05) is 17.4 Å². The number of carbonyl (C=O) groups is 1. The molecule has 1 aromatic carbocycles. The lowest BCUT2D eigenvalue weighted by atomic mass is 9.82. The molecule has 26 heavy (non-hydrogen) atoms. The number of hydrogen-bond donors (Lipinski definition) is 2. The van der Waals surface area contributed by atoms with E-state index in [1.807, 2.05) is 0 Å². The molecule has 0 unspecified atom stereocenters. The Hall–Kier alpha value is -1.39. The molecule has 0 aromatic heterocycles. The van der Waals surface area contributed by atoms with Crippen LogP contribution in [-0.2, 0) is 11.3 Å². The van der Waals surface area contributed by atoms with E-state index in [4.69, 9.17) is 5.11 Å². The van der Waals surface area contributed by atoms with Crippen molar-refractivity contribution in [1.29, 1.82) is 0 Å². The summed E-state index contributed by atoms with van der Waals surface area (Å²) in [5.41, 5.74) is 2.57. The molecule has 1 aromatic rings. The number of nitrogens with one attached hydrogen (secondary N) is 1. The van der Waals surface area contributed by atoms with E-state index in [2.05, 4.69) is 70.7 Å². The van der Waals surface area contributed by atoms with Crippen LogP contribution in [0.25, 0.3) is 0 Å². The molecule has 2 bridgehead atoms. The number of rotatable bonds is 9. The molecular formula is C22H28BrNO2. The van der Waals surface area contributed by atoms with Crippen molar-refractivity contribution in [3.8, 4) is 0 Å². The molecule has 2 N–H and O–H groups in total. The summed E-state index contributed by atoms with van der Waals surface area (Å²) >= 11 is 3.66. The van der Waals surface area contributed by atoms with E-state index in [0.29, 0.717) is 23.7 Å². The third-order valence-corrected chi connectivity index (χ3v) is 6.45. The van der Waals surface area contributed by atoms with Crippen LogP contribution in [-0.4, -0.2) is 17.6 Å². The van der Waals surface area contributed by atoms with Crippen molar-refractivity contribution in [1.82, 2.24) is 5.32 Å². The van der Waals surface area contributed by atoms with Crippen LogP contribution in [0.1, 0.15) is 36.8 Å². The molecule has 0 saturated heterocycles. The van der Waals surface area contributed by atoms with Crippen LogP contribution in [0.5, 0.6) is 0 Å². The Balaban J connectivity index is 1.51. The van der Waals surface area contributed by atoms with E-state index in [9.17, 15) is 4.79 Å². The van der Waals surface area contributed by atoms with Crippen LogP contribution < -0.4 is 5.32 Å². The number of halogens is 1. The molecule has 0 spiro atoms. The van der Waals surface area contributed by atoms with Crippen LogP contribution in [0, 0.1) is 30.6 Å². The number of unbranched alkanes of at least 4 members (excludes halogenated alkanes) is 1. The summed E-state index contributed by atoms with van der Waals surface area (Å²) in [5, 5.41) is 12.4. The summed E-state index contributed by atoms with van der Waals surface area (Å²) in [7, 11) is 0. The Morgan fingerprint density at radius 3 is 2.92 bits per heavy atom. The highest BCUT2D eigenvalue weighted by atomic mass is 79.9. The van der Waals surface area contributed by atoms with Gasteiger partial charge in [-0.15, -0.1) is 0 Å². The largest absolute Gasteiger partial charge is 0.481 e. The lowest BCUT2D eigenvalue weighted by Gasteiger charge is -2.26. The van der Waals surface area contributed by atoms with Crippen molar-refractivity contribution in [2.45, 2.75) is 39.2 Å². The Morgan fingerprint density at radius 1 is 1.35 bits per heavy atom. The van der Waals surface area contributed by atoms with Crippen molar-refractivity contribution in [2.24, 2.45) is 23.7 Å². The van der Waals surface area contributed by atoms with Crippen LogP contribution in [0.2, 0.25) is 0 Å². The molecule has 2 aliphatic carbocycles. The molecule has 0 amide bonds. The average Bonchev–Trinajstić information content (AvgIpc) is 3.18. The van der Waals surface area contributed by atoms with Crippen molar-refractivity contribution >= 4 is 21.9 Å². The van der Waals surface area contributed by atoms with Gasteiger partial charge in [-0.3, -0.25) is 4.79 Å². The smallest absolute Gasteiger partial charge is 0.303 e. The number of carboxylic acids is 1. The maximum absolute atomic E-state index is 10.6. The topological polar surface area (TPSA) is 49.3 Å². The van der Waals surface area contributed by atoms with Gasteiger partial charge in [0.05, 0.1) is 0 Å². The van der Waals surface area contributed by atoms with Gasteiger partial charge in [-0.05, 0) is 73.6 Å². The fourth-order valence-electron chi connectivity index (χ4n) is 4.33. The lowest BCUT2D eigenvalue weighted by molar-refractivity contribution is -0.137. The predicted molar refractivity (Wildman–Crippen MR) is 109 cm³/mol. The van der Waals surface area contributed by atoms with Gasteiger partial charge in [0.1, 0.15) is 0 Å². The highest BCUT2D eigenvalue weighted by molar-refractivity contribution is 9.10. The number of aliphatic carboxylic acids is 1. The van der Waals surface area contributed by atoms with Gasteiger partial charge in [0.25, 0.3) is 0 Å². The minimum atomic E-state index is -0.703. The van der Waals surface area contributed by atoms with Gasteiger partial charge in [-0.25, -0.2) is 0 Å². The quantitative estimate of drug-likeness (QED) is 0.434. The SMILES string of the molecule is Cc1ccc(CNC[C@@H]2[C@@H](/C=C\CCCC(=O)O)[C@H]3C=C[C@@H]2C3)c(Br)c1. The third-order valence-electron chi connectivity index (χ3n) is 5.71. The first-order valence-corrected chi connectivity index (χ1v) is 10.4. The highest BCUT2D eigenvalue weighted by Gasteiger charge is 2.42. The Bertz CT molecular complexity index is 697. The van der Waals surface area contributed by atoms with Gasteiger partial charge >= 0.3 is 5.97 Å². The maximum Gasteiger partial charge on any atom is 0.303 e. The van der Waals surface area contributed by atoms with Gasteiger partial charge in [0.15, 0.2) is 0 Å². The van der Waals surface area contributed by atoms with Gasteiger partial charge in [-0.1, -0.05) is 52.4 Å². The lowest BCUT2D eigenvalue weighted by Crippen LogP contribution is -2.30. The molecule has 1 fully saturated rings. The number of aryl methyl sites for hydroxylation is 1. The van der Waals surface area contributed by atoms with Gasteiger partial charge < -0.3 is 10.4 Å². The van der Waals surface area contributed by atoms with Crippen molar-refractivity contribution in [2.75, 3.05) is 6.54 Å². The van der Waals surface area contributed by atoms with E-state index in [1.165, 1.54) is 22.0 Å². The summed E-state index contributed by atoms with van der Waals surface area (Å²) < 4.78 is 1.17. The minimum absolute atomic E-state index is 0.261. The molecule has 3 nitrogen and oxygen atoms in total. The molecule has 2 aliphatic rings. The van der Waals surface area contributed by atoms with Gasteiger partial charge in [0.2, 0.25) is 0 Å². The molecule has 140 valence electrons. The zero-order valence-electron chi connectivity index (χ0n) is 15.3. The van der Waals surface area contributed by atoms with Crippen molar-refractivity contribution in [3.05, 3.63) is 58.1 Å². The van der Waals surface area contributed by atoms with Crippen LogP contribution in [0.15, 0.2) is 47.0 Å². The van der Waals surface area contributed by atoms with Crippen LogP contribution >= 0.6 is 15.9 Å². The zero-order valence-corrected chi connectivity index (χ0v) is 16.9. The number of fused-ring (bicyclic) bond motifs is 2. The molecule has 4 heteroatoms. The summed E-state index contributed by atoms with van der Waals surface area (Å²) in [6.07, 6.45) is 12.4. The molecule has 4 atom stereocenters. The standard InChI is InChI=1S/C22H28BrNO2/c1-15-7-8-18(21(23)11-15)13-24-14-20-17-10-9-16(12-17)19(20)5-3-2-4-6-22(25)26/h3,5,7-11,16-17,19-20,24H,2,4,6,12-14H2,1H3,(H,25,26)/b5-3-/t16-,17+,19-,20-/m0/s1. The highest BCUT2D eigenvalue weighted by Crippen LogP contribution is 2.48. The molecule has 0 heterocycles. The predicted octanol–water partition coefficient (Wildman–Crippen LogP) is 5.10. The summed E-state index contributed by atoms with van der Waals surface area (Å²) in [5.74, 6) is 1.87. The monoisotopic (exact) mass is 417 g/mol. The number of allylic oxidation sites excluding steroid dienone is 4. The Labute approximate surface area is 164 Å². The maximum atomic E-state index is 10.6. The number of benzene rings is 1. The second-order valence-electron chi connectivity index (χ2n) is 7.63. The van der Waals surface area contributed by atoms with Crippen LogP contribution in [0.3, 0.4) is 0 Å². The van der Waals surface area contributed by atoms with E-state index < -0.39 is 5.97 Å². The first kappa shape index (κ1) is 19.4. The van der Waals surface area contributed by atoms with E-state index >= 15 is 0 Å². The Morgan fingerprint density at radius 2 is 2.15 bits per heavy atom. The summed E-state index contributed by atoms with van der Waals surface area (Å²) in [6.45, 7) is 4.01. The van der Waals surface area contributed by atoms with Crippen molar-refractivity contribution in [3.63, 3.8) is 0 Å². The fraction of sp³-hybridized carbons (Fsp3) is 0.500. The van der Waals surface area contributed by atoms with E-state index in [-0.39, 0.29) is 6.42 Å². The molecule has 0 radical (unpaired) electrons. The summed E-state index contributed by atoms with van der Waals surface area (Å²) in [6, 6.07) is 6.51. The van der Waals surface area contributed by atoms with Crippen LogP contribution in [0.4, 0.5) is 0 Å². The third kappa shape index (κ3) is 4.86. The van der Waals surface area contributed by atoms with Crippen molar-refractivity contribution < 1.29 is 9.90 Å². The first-order valence-electron chi connectivity index (χ1n) is 9.57. The molecular weight excluding hydrogens is 390 g/mol. The number of carboxylic acid groups (broad SMARTS) is 1. The normalized spacial score (nSPS) is 26.8.